The standard InChI is InChI=1S/C14H23N3O3/c1-8(2)13(14(19)20)15-12(18)7-6-11-9(3)16-17(5)10(11)4/h8,13H,6-7H2,1-5H3,(H,15,18)(H,19,20)/t13-/m0/s1. The first-order valence-electron chi connectivity index (χ1n) is 6.75. The van der Waals surface area contributed by atoms with Crippen molar-refractivity contribution in [3.8, 4) is 0 Å². The van der Waals surface area contributed by atoms with Gasteiger partial charge in [-0.25, -0.2) is 4.79 Å². The van der Waals surface area contributed by atoms with Gasteiger partial charge < -0.3 is 10.4 Å². The van der Waals surface area contributed by atoms with Gasteiger partial charge in [0.2, 0.25) is 5.91 Å². The minimum absolute atomic E-state index is 0.140. The fourth-order valence-electron chi connectivity index (χ4n) is 2.18. The van der Waals surface area contributed by atoms with E-state index in [0.29, 0.717) is 6.42 Å². The average Bonchev–Trinajstić information content (AvgIpc) is 2.57. The number of aryl methyl sites for hydroxylation is 2. The maximum absolute atomic E-state index is 11.9. The van der Waals surface area contributed by atoms with Crippen LogP contribution in [0.2, 0.25) is 0 Å². The Bertz CT molecular complexity index is 506. The van der Waals surface area contributed by atoms with Crippen molar-refractivity contribution in [2.24, 2.45) is 13.0 Å². The number of carboxylic acid groups (broad SMARTS) is 1. The van der Waals surface area contributed by atoms with E-state index in [0.717, 1.165) is 17.0 Å². The fourth-order valence-corrected chi connectivity index (χ4v) is 2.18. The van der Waals surface area contributed by atoms with E-state index in [1.54, 1.807) is 18.5 Å². The lowest BCUT2D eigenvalue weighted by atomic mass is 10.0. The summed E-state index contributed by atoms with van der Waals surface area (Å²) in [6, 6.07) is -0.835. The summed E-state index contributed by atoms with van der Waals surface area (Å²) in [5.74, 6) is -1.38. The molecular formula is C14H23N3O3. The van der Waals surface area contributed by atoms with Crippen LogP contribution < -0.4 is 5.32 Å². The monoisotopic (exact) mass is 281 g/mol. The highest BCUT2D eigenvalue weighted by Crippen LogP contribution is 2.14. The van der Waals surface area contributed by atoms with Crippen molar-refractivity contribution in [1.82, 2.24) is 15.1 Å². The minimum atomic E-state index is -0.998. The Morgan fingerprint density at radius 1 is 1.35 bits per heavy atom. The molecule has 1 atom stereocenters. The summed E-state index contributed by atoms with van der Waals surface area (Å²) in [7, 11) is 1.87. The van der Waals surface area contributed by atoms with E-state index in [1.165, 1.54) is 0 Å². The predicted molar refractivity (Wildman–Crippen MR) is 75.4 cm³/mol. The minimum Gasteiger partial charge on any atom is -0.480 e. The number of aromatic nitrogens is 2. The van der Waals surface area contributed by atoms with Crippen molar-refractivity contribution in [1.29, 1.82) is 0 Å². The van der Waals surface area contributed by atoms with Gasteiger partial charge in [-0.2, -0.15) is 5.10 Å². The van der Waals surface area contributed by atoms with Crippen molar-refractivity contribution in [2.45, 2.75) is 46.6 Å². The molecule has 0 saturated heterocycles. The summed E-state index contributed by atoms with van der Waals surface area (Å²) >= 11 is 0. The molecule has 0 aliphatic rings. The molecule has 0 aromatic carbocycles. The molecule has 0 radical (unpaired) electrons. The summed E-state index contributed by atoms with van der Waals surface area (Å²) in [6.45, 7) is 7.42. The van der Waals surface area contributed by atoms with Crippen molar-refractivity contribution in [3.63, 3.8) is 0 Å². The Balaban J connectivity index is 2.61. The van der Waals surface area contributed by atoms with Gasteiger partial charge in [-0.1, -0.05) is 13.8 Å². The molecule has 0 fully saturated rings. The third kappa shape index (κ3) is 3.82. The normalized spacial score (nSPS) is 12.5. The van der Waals surface area contributed by atoms with Gasteiger partial charge in [0.25, 0.3) is 0 Å². The summed E-state index contributed by atoms with van der Waals surface area (Å²) in [5.41, 5.74) is 3.00. The van der Waals surface area contributed by atoms with Crippen LogP contribution in [0.4, 0.5) is 0 Å². The van der Waals surface area contributed by atoms with Gasteiger partial charge >= 0.3 is 5.97 Å². The second-order valence-corrected chi connectivity index (χ2v) is 5.40. The second kappa shape index (κ2) is 6.54. The van der Waals surface area contributed by atoms with Gasteiger partial charge in [0.1, 0.15) is 6.04 Å². The molecule has 0 spiro atoms. The molecule has 1 amide bonds. The van der Waals surface area contributed by atoms with Gasteiger partial charge in [0.15, 0.2) is 0 Å². The van der Waals surface area contributed by atoms with Gasteiger partial charge in [-0.05, 0) is 31.7 Å². The Hall–Kier alpha value is -1.85. The number of carboxylic acids is 1. The maximum Gasteiger partial charge on any atom is 0.326 e. The number of aliphatic carboxylic acids is 1. The van der Waals surface area contributed by atoms with E-state index in [1.807, 2.05) is 20.9 Å². The molecule has 0 saturated carbocycles. The number of hydrogen-bond donors (Lipinski definition) is 2. The lowest BCUT2D eigenvalue weighted by Gasteiger charge is -2.17. The van der Waals surface area contributed by atoms with Crippen molar-refractivity contribution < 1.29 is 14.7 Å². The zero-order valence-corrected chi connectivity index (χ0v) is 12.7. The quantitative estimate of drug-likeness (QED) is 0.820. The van der Waals surface area contributed by atoms with Gasteiger partial charge in [0.05, 0.1) is 5.69 Å². The van der Waals surface area contributed by atoms with E-state index < -0.39 is 12.0 Å². The molecule has 0 unspecified atom stereocenters. The third-order valence-corrected chi connectivity index (χ3v) is 3.51. The molecule has 1 aromatic rings. The molecular weight excluding hydrogens is 258 g/mol. The second-order valence-electron chi connectivity index (χ2n) is 5.40. The van der Waals surface area contributed by atoms with Crippen molar-refractivity contribution >= 4 is 11.9 Å². The Morgan fingerprint density at radius 3 is 2.35 bits per heavy atom. The smallest absolute Gasteiger partial charge is 0.326 e. The van der Waals surface area contributed by atoms with E-state index >= 15 is 0 Å². The molecule has 2 N–H and O–H groups in total. The third-order valence-electron chi connectivity index (χ3n) is 3.51. The van der Waals surface area contributed by atoms with Crippen LogP contribution in [0.15, 0.2) is 0 Å². The average molecular weight is 281 g/mol. The molecule has 6 heteroatoms. The molecule has 1 aromatic heterocycles. The summed E-state index contributed by atoms with van der Waals surface area (Å²) in [5, 5.41) is 15.9. The van der Waals surface area contributed by atoms with Crippen LogP contribution in [0, 0.1) is 19.8 Å². The lowest BCUT2D eigenvalue weighted by Crippen LogP contribution is -2.44. The highest BCUT2D eigenvalue weighted by atomic mass is 16.4. The highest BCUT2D eigenvalue weighted by Gasteiger charge is 2.23. The highest BCUT2D eigenvalue weighted by molar-refractivity contribution is 5.83. The van der Waals surface area contributed by atoms with Crippen molar-refractivity contribution in [3.05, 3.63) is 17.0 Å². The Kier molecular flexibility index (Phi) is 5.30. The largest absolute Gasteiger partial charge is 0.480 e. The van der Waals surface area contributed by atoms with E-state index in [4.69, 9.17) is 5.11 Å². The van der Waals surface area contributed by atoms with Crippen molar-refractivity contribution in [2.75, 3.05) is 0 Å². The van der Waals surface area contributed by atoms with Gasteiger partial charge in [-0.15, -0.1) is 0 Å². The zero-order chi connectivity index (χ0) is 15.4. The van der Waals surface area contributed by atoms with Crippen LogP contribution in [0.5, 0.6) is 0 Å². The number of nitrogens with zero attached hydrogens (tertiary/aromatic N) is 2. The molecule has 6 nitrogen and oxygen atoms in total. The van der Waals surface area contributed by atoms with Crippen LogP contribution in [0.3, 0.4) is 0 Å². The number of carbonyl (C=O) groups is 2. The Labute approximate surface area is 119 Å². The van der Waals surface area contributed by atoms with Gasteiger partial charge in [0, 0.05) is 19.2 Å². The lowest BCUT2D eigenvalue weighted by molar-refractivity contribution is -0.143. The predicted octanol–water partition coefficient (Wildman–Crippen LogP) is 1.19. The van der Waals surface area contributed by atoms with Crippen LogP contribution >= 0.6 is 0 Å². The molecule has 1 rings (SSSR count). The SMILES string of the molecule is Cc1nn(C)c(C)c1CCC(=O)N[C@H](C(=O)O)C(C)C. The van der Waals surface area contributed by atoms with Crippen LogP contribution in [0.25, 0.3) is 0 Å². The molecule has 0 aliphatic heterocycles. The molecule has 112 valence electrons. The summed E-state index contributed by atoms with van der Waals surface area (Å²) < 4.78 is 1.79. The number of hydrogen-bond acceptors (Lipinski definition) is 3. The first-order chi connectivity index (χ1) is 9.23. The van der Waals surface area contributed by atoms with Crippen LogP contribution in [-0.2, 0) is 23.1 Å². The molecule has 1 heterocycles. The topological polar surface area (TPSA) is 84.2 Å². The van der Waals surface area contributed by atoms with E-state index in [2.05, 4.69) is 10.4 Å². The zero-order valence-electron chi connectivity index (χ0n) is 12.7. The number of nitrogens with one attached hydrogen (secondary N) is 1. The van der Waals surface area contributed by atoms with E-state index in [9.17, 15) is 9.59 Å². The number of rotatable bonds is 6. The van der Waals surface area contributed by atoms with Gasteiger partial charge in [-0.3, -0.25) is 9.48 Å². The first kappa shape index (κ1) is 16.2. The van der Waals surface area contributed by atoms with Crippen LogP contribution in [0.1, 0.15) is 37.2 Å². The number of carbonyl (C=O) groups excluding carboxylic acids is 1. The Morgan fingerprint density at radius 2 is 1.95 bits per heavy atom. The van der Waals surface area contributed by atoms with E-state index in [-0.39, 0.29) is 18.2 Å². The van der Waals surface area contributed by atoms with Crippen LogP contribution in [-0.4, -0.2) is 32.8 Å². The fraction of sp³-hybridized carbons (Fsp3) is 0.643. The molecule has 20 heavy (non-hydrogen) atoms. The molecule has 0 bridgehead atoms. The first-order valence-corrected chi connectivity index (χ1v) is 6.75. The number of amides is 1. The maximum atomic E-state index is 11.9. The summed E-state index contributed by atoms with van der Waals surface area (Å²) in [6.07, 6.45) is 0.839. The molecule has 0 aliphatic carbocycles. The summed E-state index contributed by atoms with van der Waals surface area (Å²) in [4.78, 5) is 22.9.